The first-order valence-electron chi connectivity index (χ1n) is 21.4. The number of ketones is 2. The van der Waals surface area contributed by atoms with E-state index in [1.807, 2.05) is 39.8 Å². The molecule has 3 aliphatic rings. The number of hydrogen-bond donors (Lipinski definition) is 2. The molecular formula is C46H65N5O9S. The van der Waals surface area contributed by atoms with Crippen molar-refractivity contribution in [1.82, 2.24) is 25.6 Å². The van der Waals surface area contributed by atoms with Crippen LogP contribution in [0.2, 0.25) is 0 Å². The molecule has 3 saturated heterocycles. The third-order valence-corrected chi connectivity index (χ3v) is 14.0. The summed E-state index contributed by atoms with van der Waals surface area (Å²) in [6.07, 6.45) is 3.97. The summed E-state index contributed by atoms with van der Waals surface area (Å²) in [5, 5.41) is 4.41. The highest BCUT2D eigenvalue weighted by atomic mass is 32.1. The third-order valence-electron chi connectivity index (χ3n) is 12.9. The van der Waals surface area contributed by atoms with Crippen molar-refractivity contribution in [2.75, 3.05) is 34.8 Å². The molecule has 3 aliphatic heterocycles. The minimum Gasteiger partial charge on any atom is -0.458 e. The number of amides is 2. The van der Waals surface area contributed by atoms with Gasteiger partial charge in [-0.3, -0.25) is 29.6 Å². The van der Waals surface area contributed by atoms with E-state index in [2.05, 4.69) is 53.5 Å². The van der Waals surface area contributed by atoms with Gasteiger partial charge in [-0.1, -0.05) is 39.5 Å². The van der Waals surface area contributed by atoms with E-state index in [0.717, 1.165) is 28.2 Å². The number of pyridine rings is 1. The second-order valence-electron chi connectivity index (χ2n) is 18.1. The SMILES string of the molecule is CC[C@H]1OC(=O)[C@H](C)C(=O)[C@H](C)[C@@H](CC2C[C@@H](N(C)C)C[C@@H](C)O2)[C@@](C)(OCC#Cc2ccc(-c3cncc(C(=O)NN(C)C)c3)s2)C[C@@H](C)C(=O)[C@H](C)C2NC(=O)O[C@@]21C. The number of hydrogen-bond acceptors (Lipinski definition) is 13. The molecular weight excluding hydrogens is 799 g/mol. The number of esters is 1. The lowest BCUT2D eigenvalue weighted by Gasteiger charge is -2.46. The minimum atomic E-state index is -1.35. The van der Waals surface area contributed by atoms with Gasteiger partial charge in [-0.05, 0) is 98.0 Å². The molecule has 2 N–H and O–H groups in total. The summed E-state index contributed by atoms with van der Waals surface area (Å²) >= 11 is 1.46. The molecule has 61 heavy (non-hydrogen) atoms. The van der Waals surface area contributed by atoms with Gasteiger partial charge in [0.15, 0.2) is 5.60 Å². The van der Waals surface area contributed by atoms with Crippen molar-refractivity contribution in [2.24, 2.45) is 29.6 Å². The standard InChI is InChI=1S/C46H65N5O9S/c1-13-38-46(8)41(48-44(56)60-46)29(5)39(52)26(2)23-45(7,36(28(4)40(53)30(6)43(55)59-38)22-34-21-33(50(9)10)19-27(3)58-34)57-18-14-15-35-16-17-37(61-35)31-20-32(25-47-24-31)42(54)49-51(11)12/h16-17,20,24-30,33-34,36,38,41H,13,18-19,21-23H2,1-12H3,(H,48,56)(H,49,54)/t26-,27-,28-,29+,30-,33+,34?,36-,38-,41?,45+,46-/m1/s1. The second kappa shape index (κ2) is 19.9. The number of nitrogens with one attached hydrogen (secondary N) is 2. The predicted octanol–water partition coefficient (Wildman–Crippen LogP) is 5.92. The van der Waals surface area contributed by atoms with Crippen molar-refractivity contribution in [1.29, 1.82) is 0 Å². The highest BCUT2D eigenvalue weighted by Gasteiger charge is 2.57. The molecule has 3 fully saturated rings. The number of nitrogens with zero attached hydrogens (tertiary/aromatic N) is 3. The van der Waals surface area contributed by atoms with Gasteiger partial charge in [-0.15, -0.1) is 11.3 Å². The van der Waals surface area contributed by atoms with E-state index in [0.29, 0.717) is 18.4 Å². The maximum atomic E-state index is 14.6. The Morgan fingerprint density at radius 2 is 1.74 bits per heavy atom. The van der Waals surface area contributed by atoms with Gasteiger partial charge in [0.1, 0.15) is 30.2 Å². The van der Waals surface area contributed by atoms with Crippen molar-refractivity contribution >= 4 is 40.9 Å². The zero-order valence-electron chi connectivity index (χ0n) is 37.8. The molecule has 5 heterocycles. The molecule has 2 aromatic rings. The van der Waals surface area contributed by atoms with E-state index in [-0.39, 0.29) is 48.8 Å². The van der Waals surface area contributed by atoms with Crippen LogP contribution in [0, 0.1) is 41.4 Å². The lowest BCUT2D eigenvalue weighted by Crippen LogP contribution is -2.57. The average molecular weight is 864 g/mol. The second-order valence-corrected chi connectivity index (χ2v) is 19.2. The first-order valence-corrected chi connectivity index (χ1v) is 22.2. The Hall–Kier alpha value is -4.20. The lowest BCUT2D eigenvalue weighted by molar-refractivity contribution is -0.173. The monoisotopic (exact) mass is 863 g/mol. The number of carbonyl (C=O) groups excluding carboxylic acids is 5. The van der Waals surface area contributed by atoms with Crippen molar-refractivity contribution in [3.05, 3.63) is 41.0 Å². The molecule has 15 heteroatoms. The molecule has 0 bridgehead atoms. The van der Waals surface area contributed by atoms with Crippen LogP contribution in [0.15, 0.2) is 30.6 Å². The molecule has 2 aromatic heterocycles. The number of hydrazine groups is 1. The molecule has 12 atom stereocenters. The van der Waals surface area contributed by atoms with E-state index in [9.17, 15) is 24.0 Å². The van der Waals surface area contributed by atoms with Crippen LogP contribution in [-0.4, -0.2) is 121 Å². The normalized spacial score (nSPS) is 33.8. The van der Waals surface area contributed by atoms with Crippen LogP contribution >= 0.6 is 11.3 Å². The molecule has 14 nitrogen and oxygen atoms in total. The zero-order chi connectivity index (χ0) is 45.0. The smallest absolute Gasteiger partial charge is 0.408 e. The van der Waals surface area contributed by atoms with Crippen molar-refractivity contribution in [2.45, 2.75) is 129 Å². The van der Waals surface area contributed by atoms with Crippen LogP contribution in [0.4, 0.5) is 4.79 Å². The molecule has 2 unspecified atom stereocenters. The average Bonchev–Trinajstić information content (AvgIpc) is 3.81. The van der Waals surface area contributed by atoms with Crippen LogP contribution in [0.3, 0.4) is 0 Å². The molecule has 334 valence electrons. The molecule has 2 amide bonds. The summed E-state index contributed by atoms with van der Waals surface area (Å²) in [6.45, 7) is 14.5. The Kier molecular flexibility index (Phi) is 15.6. The van der Waals surface area contributed by atoms with E-state index in [1.165, 1.54) is 17.5 Å². The number of aromatic nitrogens is 1. The van der Waals surface area contributed by atoms with Gasteiger partial charge in [-0.25, -0.2) is 9.80 Å². The van der Waals surface area contributed by atoms with E-state index < -0.39 is 65.0 Å². The van der Waals surface area contributed by atoms with E-state index in [4.69, 9.17) is 18.9 Å². The number of alkyl carbamates (subject to hydrolysis) is 1. The van der Waals surface area contributed by atoms with E-state index in [1.54, 1.807) is 52.1 Å². The van der Waals surface area contributed by atoms with Crippen LogP contribution in [0.25, 0.3) is 10.4 Å². The molecule has 0 spiro atoms. The molecule has 5 rings (SSSR count). The number of fused-ring (bicyclic) bond motifs is 1. The fourth-order valence-electron chi connectivity index (χ4n) is 9.56. The Morgan fingerprint density at radius 3 is 2.41 bits per heavy atom. The lowest BCUT2D eigenvalue weighted by atomic mass is 9.68. The van der Waals surface area contributed by atoms with E-state index >= 15 is 0 Å². The Labute approximate surface area is 365 Å². The topological polar surface area (TPSA) is 166 Å². The summed E-state index contributed by atoms with van der Waals surface area (Å²) in [4.78, 5) is 76.5. The molecule has 0 radical (unpaired) electrons. The summed E-state index contributed by atoms with van der Waals surface area (Å²) in [6, 6.07) is 5.09. The number of ether oxygens (including phenoxy) is 4. The summed E-state index contributed by atoms with van der Waals surface area (Å²) < 4.78 is 25.2. The van der Waals surface area contributed by atoms with Crippen LogP contribution in [0.1, 0.15) is 103 Å². The van der Waals surface area contributed by atoms with Gasteiger partial charge in [-0.2, -0.15) is 0 Å². The first-order chi connectivity index (χ1) is 28.7. The number of carbonyl (C=O) groups is 5. The first kappa shape index (κ1) is 47.8. The minimum absolute atomic E-state index is 0.0119. The molecule has 0 aromatic carbocycles. The number of cyclic esters (lactones) is 1. The highest BCUT2D eigenvalue weighted by molar-refractivity contribution is 7.16. The molecule has 0 saturated carbocycles. The Bertz CT molecular complexity index is 1990. The van der Waals surface area contributed by atoms with Gasteiger partial charge < -0.3 is 29.2 Å². The van der Waals surface area contributed by atoms with Crippen LogP contribution in [-0.2, 0) is 33.3 Å². The van der Waals surface area contributed by atoms with Crippen molar-refractivity contribution < 1.29 is 42.9 Å². The Balaban J connectivity index is 1.50. The summed E-state index contributed by atoms with van der Waals surface area (Å²) in [5.41, 5.74) is 1.49. The Morgan fingerprint density at radius 1 is 1.02 bits per heavy atom. The van der Waals surface area contributed by atoms with Crippen molar-refractivity contribution in [3.8, 4) is 22.3 Å². The van der Waals surface area contributed by atoms with Crippen LogP contribution in [0.5, 0.6) is 0 Å². The number of rotatable bonds is 9. The van der Waals surface area contributed by atoms with Gasteiger partial charge in [0.2, 0.25) is 0 Å². The maximum absolute atomic E-state index is 14.6. The maximum Gasteiger partial charge on any atom is 0.408 e. The fourth-order valence-corrected chi connectivity index (χ4v) is 10.4. The van der Waals surface area contributed by atoms with Crippen LogP contribution < -0.4 is 10.7 Å². The predicted molar refractivity (Wildman–Crippen MR) is 232 cm³/mol. The largest absolute Gasteiger partial charge is 0.458 e. The van der Waals surface area contributed by atoms with Gasteiger partial charge in [0.25, 0.3) is 5.91 Å². The highest BCUT2D eigenvalue weighted by Crippen LogP contribution is 2.43. The number of Topliss-reactive ketones (excluding diaryl/α,β-unsaturated/α-hetero) is 2. The van der Waals surface area contributed by atoms with Gasteiger partial charge in [0.05, 0.1) is 34.3 Å². The fraction of sp³-hybridized carbons (Fsp3) is 0.652. The number of thiophene rings is 1. The molecule has 0 aliphatic carbocycles. The summed E-state index contributed by atoms with van der Waals surface area (Å²) in [7, 11) is 7.59. The zero-order valence-corrected chi connectivity index (χ0v) is 38.6. The third kappa shape index (κ3) is 11.1. The quantitative estimate of drug-likeness (QED) is 0.133. The van der Waals surface area contributed by atoms with Crippen molar-refractivity contribution in [3.63, 3.8) is 0 Å². The summed E-state index contributed by atoms with van der Waals surface area (Å²) in [5.74, 6) is 1.37. The van der Waals surface area contributed by atoms with Gasteiger partial charge >= 0.3 is 12.1 Å². The van der Waals surface area contributed by atoms with Gasteiger partial charge in [0, 0.05) is 60.7 Å².